The fraction of sp³-hybridized carbons (Fsp3) is 0.524. The summed E-state index contributed by atoms with van der Waals surface area (Å²) in [4.78, 5) is 12.9. The Balaban J connectivity index is 1.35. The maximum Gasteiger partial charge on any atom is 0.243 e. The molecule has 1 aromatic carbocycles. The Hall–Kier alpha value is -2.59. The van der Waals surface area contributed by atoms with Gasteiger partial charge in [-0.15, -0.1) is 5.10 Å². The minimum absolute atomic E-state index is 0.0506. The fourth-order valence-electron chi connectivity index (χ4n) is 4.20. The van der Waals surface area contributed by atoms with E-state index < -0.39 is 10.0 Å². The summed E-state index contributed by atoms with van der Waals surface area (Å²) >= 11 is 0. The van der Waals surface area contributed by atoms with Crippen LogP contribution in [0.2, 0.25) is 0 Å². The quantitative estimate of drug-likeness (QED) is 0.655. The summed E-state index contributed by atoms with van der Waals surface area (Å²) in [5.74, 6) is -0.366. The lowest BCUT2D eigenvalue weighted by molar-refractivity contribution is -0.126. The zero-order valence-corrected chi connectivity index (χ0v) is 18.3. The van der Waals surface area contributed by atoms with Crippen molar-refractivity contribution in [3.63, 3.8) is 0 Å². The molecule has 10 heteroatoms. The second-order valence-electron chi connectivity index (χ2n) is 8.10. The van der Waals surface area contributed by atoms with Crippen molar-refractivity contribution >= 4 is 15.9 Å². The second kappa shape index (κ2) is 9.69. The molecule has 1 atom stereocenters. The van der Waals surface area contributed by atoms with Gasteiger partial charge in [0.25, 0.3) is 0 Å². The van der Waals surface area contributed by atoms with Crippen LogP contribution >= 0.6 is 0 Å². The average molecular weight is 445 g/mol. The Morgan fingerprint density at radius 1 is 1.16 bits per heavy atom. The van der Waals surface area contributed by atoms with Gasteiger partial charge in [-0.3, -0.25) is 4.79 Å². The van der Waals surface area contributed by atoms with Gasteiger partial charge in [0.15, 0.2) is 0 Å². The highest BCUT2D eigenvalue weighted by molar-refractivity contribution is 7.89. The van der Waals surface area contributed by atoms with Crippen LogP contribution in [0.25, 0.3) is 5.69 Å². The van der Waals surface area contributed by atoms with Crippen LogP contribution < -0.4 is 5.32 Å². The van der Waals surface area contributed by atoms with Crippen LogP contribution in [0.15, 0.2) is 47.1 Å². The Labute approximate surface area is 182 Å². The van der Waals surface area contributed by atoms with Gasteiger partial charge in [-0.2, -0.15) is 4.31 Å². The van der Waals surface area contributed by atoms with E-state index in [-0.39, 0.29) is 23.3 Å². The molecule has 1 N–H and O–H groups in total. The van der Waals surface area contributed by atoms with Gasteiger partial charge in [0.1, 0.15) is 6.33 Å². The van der Waals surface area contributed by atoms with E-state index in [4.69, 9.17) is 0 Å². The highest BCUT2D eigenvalue weighted by Gasteiger charge is 2.33. The number of rotatable bonds is 7. The number of sulfonamides is 1. The van der Waals surface area contributed by atoms with Gasteiger partial charge >= 0.3 is 0 Å². The highest BCUT2D eigenvalue weighted by atomic mass is 32.2. The average Bonchev–Trinajstić information content (AvgIpc) is 3.35. The van der Waals surface area contributed by atoms with Crippen molar-refractivity contribution in [3.05, 3.63) is 42.2 Å². The minimum atomic E-state index is -3.67. The number of amides is 1. The van der Waals surface area contributed by atoms with Crippen molar-refractivity contribution in [1.29, 1.82) is 0 Å². The molecule has 1 aliphatic heterocycles. The van der Waals surface area contributed by atoms with Gasteiger partial charge < -0.3 is 5.32 Å². The molecule has 4 rings (SSSR count). The number of carbonyl (C=O) groups is 1. The monoisotopic (exact) mass is 444 g/mol. The standard InChI is InChI=1S/C21H28N6O3S/c28-21(22-13-12-17-5-2-1-3-6-17)18-7-4-14-26(15-18)31(29,30)20-10-8-19(9-11-20)27-16-23-24-25-27/h5,8-11,16,18H,1-4,6-7,12-15H2,(H,22,28)/t18-/m1/s1. The van der Waals surface area contributed by atoms with Crippen molar-refractivity contribution in [2.45, 2.75) is 49.8 Å². The normalized spacial score (nSPS) is 20.3. The number of piperidine rings is 1. The number of benzene rings is 1. The van der Waals surface area contributed by atoms with E-state index in [2.05, 4.69) is 26.9 Å². The Kier molecular flexibility index (Phi) is 6.77. The summed E-state index contributed by atoms with van der Waals surface area (Å²) in [5.41, 5.74) is 2.09. The summed E-state index contributed by atoms with van der Waals surface area (Å²) < 4.78 is 29.1. The largest absolute Gasteiger partial charge is 0.356 e. The first-order valence-electron chi connectivity index (χ1n) is 10.8. The first-order chi connectivity index (χ1) is 15.0. The molecule has 166 valence electrons. The van der Waals surface area contributed by atoms with Gasteiger partial charge in [-0.1, -0.05) is 11.6 Å². The lowest BCUT2D eigenvalue weighted by Crippen LogP contribution is -2.45. The number of hydrogen-bond acceptors (Lipinski definition) is 6. The molecule has 2 heterocycles. The van der Waals surface area contributed by atoms with Gasteiger partial charge in [0, 0.05) is 19.6 Å². The molecule has 2 aromatic rings. The third-order valence-electron chi connectivity index (χ3n) is 5.97. The molecular formula is C21H28N6O3S. The van der Waals surface area contributed by atoms with Gasteiger partial charge in [-0.25, -0.2) is 13.1 Å². The number of aromatic nitrogens is 4. The Morgan fingerprint density at radius 2 is 2.00 bits per heavy atom. The van der Waals surface area contributed by atoms with Crippen LogP contribution in [0.4, 0.5) is 0 Å². The van der Waals surface area contributed by atoms with Gasteiger partial charge in [0.2, 0.25) is 15.9 Å². The summed E-state index contributed by atoms with van der Waals surface area (Å²) in [6.45, 7) is 1.26. The molecule has 0 spiro atoms. The number of nitrogens with zero attached hydrogens (tertiary/aromatic N) is 5. The highest BCUT2D eigenvalue weighted by Crippen LogP contribution is 2.25. The zero-order chi connectivity index (χ0) is 21.7. The van der Waals surface area contributed by atoms with E-state index in [0.717, 1.165) is 19.3 Å². The van der Waals surface area contributed by atoms with E-state index in [0.29, 0.717) is 31.6 Å². The van der Waals surface area contributed by atoms with Crippen LogP contribution in [0, 0.1) is 5.92 Å². The van der Waals surface area contributed by atoms with Crippen molar-refractivity contribution in [3.8, 4) is 5.69 Å². The number of allylic oxidation sites excluding steroid dienone is 1. The lowest BCUT2D eigenvalue weighted by Gasteiger charge is -2.31. The first kappa shape index (κ1) is 21.6. The van der Waals surface area contributed by atoms with Crippen LogP contribution in [-0.4, -0.2) is 58.5 Å². The number of carbonyl (C=O) groups excluding carboxylic acids is 1. The van der Waals surface area contributed by atoms with Crippen molar-refractivity contribution in [2.75, 3.05) is 19.6 Å². The molecule has 1 saturated heterocycles. The number of hydrogen-bond donors (Lipinski definition) is 1. The smallest absolute Gasteiger partial charge is 0.243 e. The second-order valence-corrected chi connectivity index (χ2v) is 10.0. The number of nitrogens with one attached hydrogen (secondary N) is 1. The minimum Gasteiger partial charge on any atom is -0.356 e. The summed E-state index contributed by atoms with van der Waals surface area (Å²) in [5, 5.41) is 14.0. The molecule has 1 aliphatic carbocycles. The molecule has 31 heavy (non-hydrogen) atoms. The molecule has 9 nitrogen and oxygen atoms in total. The van der Waals surface area contributed by atoms with Crippen LogP contribution in [0.3, 0.4) is 0 Å². The molecule has 0 unspecified atom stereocenters. The predicted octanol–water partition coefficient (Wildman–Crippen LogP) is 2.07. The first-order valence-corrected chi connectivity index (χ1v) is 12.3. The maximum absolute atomic E-state index is 13.1. The Bertz CT molecular complexity index is 1020. The number of tetrazole rings is 1. The van der Waals surface area contributed by atoms with E-state index in [9.17, 15) is 13.2 Å². The molecule has 1 aromatic heterocycles. The molecule has 0 bridgehead atoms. The third-order valence-corrected chi connectivity index (χ3v) is 7.85. The SMILES string of the molecule is O=C(NCCC1=CCCCC1)[C@@H]1CCCN(S(=O)(=O)c2ccc(-n3cnnn3)cc2)C1. The van der Waals surface area contributed by atoms with Crippen LogP contribution in [0.5, 0.6) is 0 Å². The molecular weight excluding hydrogens is 416 g/mol. The van der Waals surface area contributed by atoms with Crippen LogP contribution in [0.1, 0.15) is 44.9 Å². The Morgan fingerprint density at radius 3 is 2.71 bits per heavy atom. The van der Waals surface area contributed by atoms with Crippen molar-refractivity contribution < 1.29 is 13.2 Å². The van der Waals surface area contributed by atoms with E-state index in [1.54, 1.807) is 24.3 Å². The topological polar surface area (TPSA) is 110 Å². The molecule has 1 fully saturated rings. The van der Waals surface area contributed by atoms with E-state index in [1.807, 2.05) is 0 Å². The maximum atomic E-state index is 13.1. The summed E-state index contributed by atoms with van der Waals surface area (Å²) in [6.07, 6.45) is 10.7. The fourth-order valence-corrected chi connectivity index (χ4v) is 5.72. The van der Waals surface area contributed by atoms with E-state index in [1.165, 1.54) is 33.7 Å². The molecule has 1 amide bonds. The van der Waals surface area contributed by atoms with E-state index >= 15 is 0 Å². The van der Waals surface area contributed by atoms with Crippen LogP contribution in [-0.2, 0) is 14.8 Å². The third kappa shape index (κ3) is 5.19. The van der Waals surface area contributed by atoms with Crippen molar-refractivity contribution in [1.82, 2.24) is 29.8 Å². The van der Waals surface area contributed by atoms with Gasteiger partial charge in [-0.05, 0) is 79.6 Å². The predicted molar refractivity (Wildman–Crippen MR) is 115 cm³/mol. The summed E-state index contributed by atoms with van der Waals surface area (Å²) in [7, 11) is -3.67. The zero-order valence-electron chi connectivity index (χ0n) is 17.5. The molecule has 0 saturated carbocycles. The lowest BCUT2D eigenvalue weighted by atomic mass is 9.96. The molecule has 0 radical (unpaired) electrons. The van der Waals surface area contributed by atoms with Gasteiger partial charge in [0.05, 0.1) is 16.5 Å². The van der Waals surface area contributed by atoms with Crippen molar-refractivity contribution in [2.24, 2.45) is 5.92 Å². The molecule has 2 aliphatic rings. The summed E-state index contributed by atoms with van der Waals surface area (Å²) in [6, 6.07) is 6.43.